The lowest BCUT2D eigenvalue weighted by atomic mass is 10.1. The predicted octanol–water partition coefficient (Wildman–Crippen LogP) is 4.72. The van der Waals surface area contributed by atoms with E-state index in [1.807, 2.05) is 25.1 Å². The van der Waals surface area contributed by atoms with Crippen LogP contribution >= 0.6 is 0 Å². The van der Waals surface area contributed by atoms with Gasteiger partial charge in [0.25, 0.3) is 0 Å². The molecule has 0 spiro atoms. The lowest BCUT2D eigenvalue weighted by Crippen LogP contribution is -2.51. The maximum atomic E-state index is 14.5. The number of rotatable bonds is 13. The van der Waals surface area contributed by atoms with Crippen molar-refractivity contribution < 1.29 is 27.1 Å². The summed E-state index contributed by atoms with van der Waals surface area (Å²) in [6.07, 6.45) is 2.65. The van der Waals surface area contributed by atoms with Gasteiger partial charge in [-0.1, -0.05) is 49.7 Å². The second kappa shape index (κ2) is 13.7. The first-order valence-corrected chi connectivity index (χ1v) is 14.6. The van der Waals surface area contributed by atoms with E-state index in [1.54, 1.807) is 37.3 Å². The van der Waals surface area contributed by atoms with Crippen LogP contribution < -0.4 is 14.4 Å². The largest absolute Gasteiger partial charge is 0.457 e. The normalized spacial score (nSPS) is 11.9. The highest BCUT2D eigenvalue weighted by Crippen LogP contribution is 2.26. The molecule has 0 radical (unpaired) electrons. The molecule has 3 aromatic carbocycles. The maximum absolute atomic E-state index is 14.5. The Morgan fingerprint density at radius 3 is 2.18 bits per heavy atom. The quantitative estimate of drug-likeness (QED) is 0.308. The van der Waals surface area contributed by atoms with Gasteiger partial charge in [0.15, 0.2) is 0 Å². The molecule has 2 amide bonds. The molecule has 0 saturated carbocycles. The minimum Gasteiger partial charge on any atom is -0.457 e. The second-order valence-corrected chi connectivity index (χ2v) is 11.0. The Kier molecular flexibility index (Phi) is 10.4. The molecule has 0 fully saturated rings. The summed E-state index contributed by atoms with van der Waals surface area (Å²) >= 11 is 0. The van der Waals surface area contributed by atoms with E-state index in [9.17, 15) is 22.4 Å². The molecule has 0 saturated heterocycles. The Morgan fingerprint density at radius 1 is 0.949 bits per heavy atom. The van der Waals surface area contributed by atoms with Crippen molar-refractivity contribution in [1.82, 2.24) is 10.2 Å². The van der Waals surface area contributed by atoms with E-state index in [0.29, 0.717) is 18.0 Å². The van der Waals surface area contributed by atoms with Crippen molar-refractivity contribution >= 4 is 27.5 Å². The summed E-state index contributed by atoms with van der Waals surface area (Å²) in [7, 11) is -3.89. The van der Waals surface area contributed by atoms with E-state index < -0.39 is 40.2 Å². The summed E-state index contributed by atoms with van der Waals surface area (Å²) in [5.41, 5.74) is 0.463. The number of benzene rings is 3. The van der Waals surface area contributed by atoms with Crippen LogP contribution in [0.25, 0.3) is 0 Å². The van der Waals surface area contributed by atoms with Crippen molar-refractivity contribution in [1.29, 1.82) is 0 Å². The van der Waals surface area contributed by atoms with Gasteiger partial charge in [0.05, 0.1) is 11.9 Å². The van der Waals surface area contributed by atoms with E-state index in [2.05, 4.69) is 5.32 Å². The van der Waals surface area contributed by atoms with Crippen LogP contribution in [0.4, 0.5) is 10.1 Å². The van der Waals surface area contributed by atoms with Crippen LogP contribution in [0.2, 0.25) is 0 Å². The van der Waals surface area contributed by atoms with Crippen LogP contribution in [0, 0.1) is 5.82 Å². The highest BCUT2D eigenvalue weighted by Gasteiger charge is 2.30. The molecule has 0 unspecified atom stereocenters. The summed E-state index contributed by atoms with van der Waals surface area (Å²) in [5.74, 6) is -0.464. The number of ether oxygens (including phenoxy) is 1. The lowest BCUT2D eigenvalue weighted by molar-refractivity contribution is -0.139. The molecule has 0 heterocycles. The number of sulfonamides is 1. The zero-order valence-corrected chi connectivity index (χ0v) is 23.2. The fraction of sp³-hybridized carbons (Fsp3) is 0.310. The van der Waals surface area contributed by atoms with E-state index in [-0.39, 0.29) is 17.8 Å². The number of nitrogens with one attached hydrogen (secondary N) is 1. The molecule has 0 aliphatic carbocycles. The number of carbonyl (C=O) groups excluding carboxylic acids is 2. The third-order valence-electron chi connectivity index (χ3n) is 6.08. The standard InChI is InChI=1S/C29H34FN3O5S/c1-4-5-19-31-29(35)22(2)32(20-23-11-9-10-14-27(23)30)28(34)21-33(39(3,36)37)24-15-17-26(18-16-24)38-25-12-7-6-8-13-25/h6-18,22H,4-5,19-21H2,1-3H3,(H,31,35)/t22-/m0/s1. The minimum absolute atomic E-state index is 0.199. The predicted molar refractivity (Wildman–Crippen MR) is 149 cm³/mol. The number of nitrogens with zero attached hydrogens (tertiary/aromatic N) is 2. The van der Waals surface area contributed by atoms with Gasteiger partial charge >= 0.3 is 0 Å². The summed E-state index contributed by atoms with van der Waals surface area (Å²) in [5, 5.41) is 2.79. The minimum atomic E-state index is -3.89. The van der Waals surface area contributed by atoms with E-state index >= 15 is 0 Å². The third kappa shape index (κ3) is 8.54. The highest BCUT2D eigenvalue weighted by atomic mass is 32.2. The molecule has 208 valence electrons. The molecule has 0 aliphatic rings. The van der Waals surface area contributed by atoms with E-state index in [1.165, 1.54) is 35.2 Å². The number of carbonyl (C=O) groups is 2. The van der Waals surface area contributed by atoms with E-state index in [4.69, 9.17) is 4.74 Å². The summed E-state index contributed by atoms with van der Waals surface area (Å²) < 4.78 is 46.7. The van der Waals surface area contributed by atoms with Gasteiger partial charge in [-0.3, -0.25) is 13.9 Å². The monoisotopic (exact) mass is 555 g/mol. The van der Waals surface area contributed by atoms with Crippen LogP contribution in [-0.4, -0.2) is 50.5 Å². The van der Waals surface area contributed by atoms with Gasteiger partial charge < -0.3 is 15.0 Å². The van der Waals surface area contributed by atoms with Gasteiger partial charge in [0, 0.05) is 18.7 Å². The fourth-order valence-electron chi connectivity index (χ4n) is 3.85. The number of para-hydroxylation sites is 1. The maximum Gasteiger partial charge on any atom is 0.244 e. The third-order valence-corrected chi connectivity index (χ3v) is 7.22. The molecule has 3 aromatic rings. The van der Waals surface area contributed by atoms with Gasteiger partial charge in [0.1, 0.15) is 29.9 Å². The second-order valence-electron chi connectivity index (χ2n) is 9.11. The van der Waals surface area contributed by atoms with Crippen molar-refractivity contribution in [3.63, 3.8) is 0 Å². The first-order chi connectivity index (χ1) is 18.6. The number of hydrogen-bond donors (Lipinski definition) is 1. The van der Waals surface area contributed by atoms with Crippen molar-refractivity contribution in [2.75, 3.05) is 23.7 Å². The molecule has 39 heavy (non-hydrogen) atoms. The lowest BCUT2D eigenvalue weighted by Gasteiger charge is -2.31. The average Bonchev–Trinajstić information content (AvgIpc) is 2.91. The Morgan fingerprint density at radius 2 is 1.56 bits per heavy atom. The Hall–Kier alpha value is -3.92. The Labute approximate surface area is 229 Å². The molecular formula is C29H34FN3O5S. The molecular weight excluding hydrogens is 521 g/mol. The van der Waals surface area contributed by atoms with Gasteiger partial charge in [-0.25, -0.2) is 12.8 Å². The number of unbranched alkanes of at least 4 members (excludes halogenated alkanes) is 1. The molecule has 0 aliphatic heterocycles. The van der Waals surface area contributed by atoms with Crippen molar-refractivity contribution in [3.8, 4) is 11.5 Å². The van der Waals surface area contributed by atoms with Crippen LogP contribution in [0.1, 0.15) is 32.3 Å². The number of anilines is 1. The van der Waals surface area contributed by atoms with Crippen molar-refractivity contribution in [2.24, 2.45) is 0 Å². The van der Waals surface area contributed by atoms with E-state index in [0.717, 1.165) is 23.4 Å². The van der Waals surface area contributed by atoms with Crippen LogP contribution in [0.3, 0.4) is 0 Å². The van der Waals surface area contributed by atoms with Crippen molar-refractivity contribution in [3.05, 3.63) is 90.2 Å². The summed E-state index contributed by atoms with van der Waals surface area (Å²) in [4.78, 5) is 27.6. The Balaban J connectivity index is 1.85. The molecule has 3 rings (SSSR count). The number of halogens is 1. The molecule has 10 heteroatoms. The topological polar surface area (TPSA) is 96.0 Å². The molecule has 1 atom stereocenters. The van der Waals surface area contributed by atoms with Gasteiger partial charge in [0.2, 0.25) is 21.8 Å². The molecule has 0 bridgehead atoms. The number of amides is 2. The Bertz CT molecular complexity index is 1350. The van der Waals surface area contributed by atoms with Crippen LogP contribution in [0.5, 0.6) is 11.5 Å². The average molecular weight is 556 g/mol. The molecule has 8 nitrogen and oxygen atoms in total. The molecule has 0 aromatic heterocycles. The zero-order chi connectivity index (χ0) is 28.4. The number of hydrogen-bond acceptors (Lipinski definition) is 5. The fourth-order valence-corrected chi connectivity index (χ4v) is 4.70. The SMILES string of the molecule is CCCCNC(=O)[C@H](C)N(Cc1ccccc1F)C(=O)CN(c1ccc(Oc2ccccc2)cc1)S(C)(=O)=O. The highest BCUT2D eigenvalue weighted by molar-refractivity contribution is 7.92. The van der Waals surface area contributed by atoms with Gasteiger partial charge in [-0.2, -0.15) is 0 Å². The van der Waals surface area contributed by atoms with Crippen LogP contribution in [-0.2, 0) is 26.2 Å². The zero-order valence-electron chi connectivity index (χ0n) is 22.3. The van der Waals surface area contributed by atoms with Gasteiger partial charge in [-0.05, 0) is 55.8 Å². The van der Waals surface area contributed by atoms with Crippen LogP contribution in [0.15, 0.2) is 78.9 Å². The first kappa shape index (κ1) is 29.6. The van der Waals surface area contributed by atoms with Gasteiger partial charge in [-0.15, -0.1) is 0 Å². The van der Waals surface area contributed by atoms with Crippen molar-refractivity contribution in [2.45, 2.75) is 39.3 Å². The summed E-state index contributed by atoms with van der Waals surface area (Å²) in [6.45, 7) is 3.20. The first-order valence-electron chi connectivity index (χ1n) is 12.7. The summed E-state index contributed by atoms with van der Waals surface area (Å²) in [6, 6.07) is 20.4. The smallest absolute Gasteiger partial charge is 0.244 e. The molecule has 1 N–H and O–H groups in total.